The summed E-state index contributed by atoms with van der Waals surface area (Å²) in [5.74, 6) is 0.636. The second kappa shape index (κ2) is 6.78. The van der Waals surface area contributed by atoms with E-state index in [9.17, 15) is 20.0 Å². The summed E-state index contributed by atoms with van der Waals surface area (Å²) in [4.78, 5) is 28.5. The highest BCUT2D eigenvalue weighted by atomic mass is 32.2. The second-order valence-electron chi connectivity index (χ2n) is 5.24. The van der Waals surface area contributed by atoms with E-state index >= 15 is 0 Å². The summed E-state index contributed by atoms with van der Waals surface area (Å²) in [6.07, 6.45) is 1.76. The molecule has 1 N–H and O–H groups in total. The zero-order valence-corrected chi connectivity index (χ0v) is 13.9. The normalized spacial score (nSPS) is 15.3. The van der Waals surface area contributed by atoms with Crippen molar-refractivity contribution in [1.29, 1.82) is 0 Å². The number of rotatable bonds is 3. The molecule has 7 nitrogen and oxygen atoms in total. The SMILES string of the molecule is CN(C1=NC(=O)S/C1=C\c1ccc([N+](=O)[O-])cc1)c1ccc(O)cc1. The van der Waals surface area contributed by atoms with Crippen molar-refractivity contribution in [3.8, 4) is 5.75 Å². The van der Waals surface area contributed by atoms with E-state index in [1.54, 1.807) is 54.4 Å². The van der Waals surface area contributed by atoms with Crippen molar-refractivity contribution in [3.05, 3.63) is 69.1 Å². The van der Waals surface area contributed by atoms with Gasteiger partial charge in [0.15, 0.2) is 5.84 Å². The molecule has 1 amide bonds. The van der Waals surface area contributed by atoms with Crippen molar-refractivity contribution in [2.24, 2.45) is 4.99 Å². The summed E-state index contributed by atoms with van der Waals surface area (Å²) in [7, 11) is 1.77. The van der Waals surface area contributed by atoms with E-state index in [1.165, 1.54) is 12.1 Å². The third-order valence-corrected chi connectivity index (χ3v) is 4.36. The van der Waals surface area contributed by atoms with Crippen LogP contribution in [0.3, 0.4) is 0 Å². The zero-order chi connectivity index (χ0) is 18.0. The Morgan fingerprint density at radius 1 is 1.16 bits per heavy atom. The minimum Gasteiger partial charge on any atom is -0.508 e. The monoisotopic (exact) mass is 355 g/mol. The van der Waals surface area contributed by atoms with E-state index in [-0.39, 0.29) is 16.7 Å². The van der Waals surface area contributed by atoms with Gasteiger partial charge in [0.05, 0.1) is 9.83 Å². The highest BCUT2D eigenvalue weighted by Crippen LogP contribution is 2.32. The van der Waals surface area contributed by atoms with Crippen molar-refractivity contribution in [2.75, 3.05) is 11.9 Å². The fourth-order valence-electron chi connectivity index (χ4n) is 2.28. The fourth-order valence-corrected chi connectivity index (χ4v) is 3.07. The Morgan fingerprint density at radius 3 is 2.40 bits per heavy atom. The Bertz CT molecular complexity index is 889. The molecule has 1 aliphatic heterocycles. The average molecular weight is 355 g/mol. The number of likely N-dealkylation sites (N-methyl/N-ethyl adjacent to an activating group) is 1. The first kappa shape index (κ1) is 16.7. The first-order chi connectivity index (χ1) is 11.9. The predicted molar refractivity (Wildman–Crippen MR) is 98.0 cm³/mol. The number of hydrogen-bond acceptors (Lipinski definition) is 6. The Hall–Kier alpha value is -3.13. The van der Waals surface area contributed by atoms with Crippen LogP contribution in [0.5, 0.6) is 5.75 Å². The van der Waals surface area contributed by atoms with Crippen LogP contribution in [0.25, 0.3) is 6.08 Å². The molecule has 0 atom stereocenters. The zero-order valence-electron chi connectivity index (χ0n) is 13.1. The van der Waals surface area contributed by atoms with E-state index in [2.05, 4.69) is 4.99 Å². The lowest BCUT2D eigenvalue weighted by Gasteiger charge is -2.19. The summed E-state index contributed by atoms with van der Waals surface area (Å²) in [6, 6.07) is 12.6. The third kappa shape index (κ3) is 3.69. The number of hydrogen-bond donors (Lipinski definition) is 1. The van der Waals surface area contributed by atoms with Gasteiger partial charge >= 0.3 is 5.24 Å². The lowest BCUT2D eigenvalue weighted by molar-refractivity contribution is -0.384. The predicted octanol–water partition coefficient (Wildman–Crippen LogP) is 4.04. The third-order valence-electron chi connectivity index (χ3n) is 3.57. The fraction of sp³-hybridized carbons (Fsp3) is 0.0588. The molecule has 2 aromatic rings. The minimum atomic E-state index is -0.462. The number of amides is 1. The van der Waals surface area contributed by atoms with Crippen LogP contribution in [0.4, 0.5) is 16.2 Å². The van der Waals surface area contributed by atoms with Gasteiger partial charge in [-0.25, -0.2) is 0 Å². The van der Waals surface area contributed by atoms with Crippen molar-refractivity contribution in [1.82, 2.24) is 0 Å². The molecule has 1 aliphatic rings. The van der Waals surface area contributed by atoms with Gasteiger partial charge in [-0.05, 0) is 59.8 Å². The van der Waals surface area contributed by atoms with Gasteiger partial charge in [-0.15, -0.1) is 0 Å². The minimum absolute atomic E-state index is 0.00685. The number of anilines is 1. The number of nitrogens with zero attached hydrogens (tertiary/aromatic N) is 3. The number of carbonyl (C=O) groups is 1. The molecule has 2 aromatic carbocycles. The molecule has 0 radical (unpaired) electrons. The lowest BCUT2D eigenvalue weighted by atomic mass is 10.2. The molecule has 1 heterocycles. The molecular weight excluding hydrogens is 342 g/mol. The standard InChI is InChI=1S/C17H13N3O4S/c1-19(12-6-8-14(21)9-7-12)16-15(25-17(22)18-16)10-11-2-4-13(5-3-11)20(23)24/h2-10,21H,1H3/b15-10-. The van der Waals surface area contributed by atoms with Crippen LogP contribution in [0.15, 0.2) is 58.4 Å². The first-order valence-corrected chi connectivity index (χ1v) is 8.05. The molecule has 126 valence electrons. The molecule has 0 spiro atoms. The van der Waals surface area contributed by atoms with E-state index < -0.39 is 4.92 Å². The number of nitro groups is 1. The van der Waals surface area contributed by atoms with Crippen LogP contribution in [0.1, 0.15) is 5.56 Å². The molecule has 0 aromatic heterocycles. The van der Waals surface area contributed by atoms with Crippen molar-refractivity contribution in [2.45, 2.75) is 0 Å². The summed E-state index contributed by atoms with van der Waals surface area (Å²) in [6.45, 7) is 0. The van der Waals surface area contributed by atoms with Crippen molar-refractivity contribution < 1.29 is 14.8 Å². The summed E-state index contributed by atoms with van der Waals surface area (Å²) in [5.41, 5.74) is 1.50. The van der Waals surface area contributed by atoms with Gasteiger partial charge in [-0.3, -0.25) is 14.9 Å². The van der Waals surface area contributed by atoms with Gasteiger partial charge in [0.25, 0.3) is 5.69 Å². The molecule has 0 fully saturated rings. The molecule has 3 rings (SSSR count). The number of phenols is 1. The largest absolute Gasteiger partial charge is 0.508 e. The Kier molecular flexibility index (Phi) is 4.53. The van der Waals surface area contributed by atoms with Gasteiger partial charge in [-0.2, -0.15) is 4.99 Å². The molecule has 0 aliphatic carbocycles. The highest BCUT2D eigenvalue weighted by molar-refractivity contribution is 8.18. The van der Waals surface area contributed by atoms with Crippen LogP contribution in [-0.4, -0.2) is 28.2 Å². The topological polar surface area (TPSA) is 96.0 Å². The average Bonchev–Trinajstić information content (AvgIpc) is 2.95. The number of aliphatic imine (C=N–C) groups is 1. The summed E-state index contributed by atoms with van der Waals surface area (Å²) in [5, 5.41) is 19.8. The van der Waals surface area contributed by atoms with Crippen LogP contribution in [-0.2, 0) is 0 Å². The maximum atomic E-state index is 11.8. The smallest absolute Gasteiger partial charge is 0.311 e. The first-order valence-electron chi connectivity index (χ1n) is 7.24. The van der Waals surface area contributed by atoms with Gasteiger partial charge in [-0.1, -0.05) is 0 Å². The lowest BCUT2D eigenvalue weighted by Crippen LogP contribution is -2.25. The molecule has 0 unspecified atom stereocenters. The molecule has 8 heteroatoms. The number of carbonyl (C=O) groups excluding carboxylic acids is 1. The van der Waals surface area contributed by atoms with Crippen molar-refractivity contribution >= 4 is 40.3 Å². The Labute approximate surface area is 147 Å². The summed E-state index contributed by atoms with van der Waals surface area (Å²) < 4.78 is 0. The number of nitro benzene ring substituents is 1. The number of non-ortho nitro benzene ring substituents is 1. The molecule has 0 saturated heterocycles. The van der Waals surface area contributed by atoms with E-state index in [4.69, 9.17) is 0 Å². The number of thioether (sulfide) groups is 1. The van der Waals surface area contributed by atoms with Crippen LogP contribution >= 0.6 is 11.8 Å². The van der Waals surface area contributed by atoms with E-state index in [0.29, 0.717) is 10.7 Å². The Balaban J connectivity index is 1.90. The number of aromatic hydroxyl groups is 1. The van der Waals surface area contributed by atoms with E-state index in [1.807, 2.05) is 0 Å². The maximum Gasteiger partial charge on any atom is 0.311 e. The van der Waals surface area contributed by atoms with Gasteiger partial charge < -0.3 is 10.0 Å². The quantitative estimate of drug-likeness (QED) is 0.659. The van der Waals surface area contributed by atoms with Gasteiger partial charge in [0.2, 0.25) is 0 Å². The molecule has 25 heavy (non-hydrogen) atoms. The number of benzene rings is 2. The van der Waals surface area contributed by atoms with Crippen molar-refractivity contribution in [3.63, 3.8) is 0 Å². The van der Waals surface area contributed by atoms with E-state index in [0.717, 1.165) is 23.0 Å². The van der Waals surface area contributed by atoms with Gasteiger partial charge in [0.1, 0.15) is 5.75 Å². The van der Waals surface area contributed by atoms with Crippen LogP contribution in [0, 0.1) is 10.1 Å². The maximum absolute atomic E-state index is 11.8. The van der Waals surface area contributed by atoms with Crippen LogP contribution in [0.2, 0.25) is 0 Å². The highest BCUT2D eigenvalue weighted by Gasteiger charge is 2.25. The second-order valence-corrected chi connectivity index (χ2v) is 6.23. The molecule has 0 saturated carbocycles. The number of amidine groups is 1. The number of phenolic OH excluding ortho intramolecular Hbond substituents is 1. The Morgan fingerprint density at radius 2 is 1.80 bits per heavy atom. The molecular formula is C17H13N3O4S. The van der Waals surface area contributed by atoms with Crippen LogP contribution < -0.4 is 4.90 Å². The van der Waals surface area contributed by atoms with Gasteiger partial charge in [0, 0.05) is 24.9 Å². The molecule has 0 bridgehead atoms. The summed E-state index contributed by atoms with van der Waals surface area (Å²) >= 11 is 0.999.